The summed E-state index contributed by atoms with van der Waals surface area (Å²) in [5.74, 6) is 0.515. The Hall–Kier alpha value is -1.55. The third kappa shape index (κ3) is 3.61. The second-order valence-corrected chi connectivity index (χ2v) is 6.28. The van der Waals surface area contributed by atoms with Crippen LogP contribution in [0.5, 0.6) is 11.5 Å². The minimum Gasteiger partial charge on any atom is -0.507 e. The van der Waals surface area contributed by atoms with E-state index < -0.39 is 7.82 Å². The molecule has 0 aliphatic heterocycles. The molecule has 0 radical (unpaired) electrons. The number of hydrogen-bond acceptors (Lipinski definition) is 5. The van der Waals surface area contributed by atoms with E-state index in [0.717, 1.165) is 12.0 Å². The molecule has 0 bridgehead atoms. The van der Waals surface area contributed by atoms with E-state index in [-0.39, 0.29) is 19.0 Å². The van der Waals surface area contributed by atoms with E-state index >= 15 is 0 Å². The van der Waals surface area contributed by atoms with Gasteiger partial charge in [-0.25, -0.2) is 4.57 Å². The summed E-state index contributed by atoms with van der Waals surface area (Å²) in [6.45, 7) is 5.91. The minimum atomic E-state index is -3.66. The van der Waals surface area contributed by atoms with E-state index in [2.05, 4.69) is 0 Å². The predicted octanol–water partition coefficient (Wildman–Crippen LogP) is 4.67. The van der Waals surface area contributed by atoms with E-state index in [0.29, 0.717) is 16.5 Å². The molecular formula is C16H21O5P. The number of rotatable bonds is 7. The molecule has 22 heavy (non-hydrogen) atoms. The highest BCUT2D eigenvalue weighted by Crippen LogP contribution is 2.51. The molecule has 0 heterocycles. The van der Waals surface area contributed by atoms with E-state index in [1.54, 1.807) is 19.9 Å². The highest BCUT2D eigenvalue weighted by atomic mass is 31.2. The van der Waals surface area contributed by atoms with Crippen LogP contribution in [-0.2, 0) is 20.0 Å². The van der Waals surface area contributed by atoms with Gasteiger partial charge in [0.15, 0.2) is 0 Å². The maximum Gasteiger partial charge on any atom is 0.530 e. The number of phenols is 1. The van der Waals surface area contributed by atoms with Crippen molar-refractivity contribution in [1.29, 1.82) is 0 Å². The van der Waals surface area contributed by atoms with Gasteiger partial charge in [-0.15, -0.1) is 0 Å². The third-order valence-electron chi connectivity index (χ3n) is 3.21. The molecule has 0 fully saturated rings. The zero-order chi connectivity index (χ0) is 16.2. The number of phenolic OH excluding ortho intramolecular Hbond substituents is 1. The molecule has 0 spiro atoms. The van der Waals surface area contributed by atoms with Gasteiger partial charge < -0.3 is 9.63 Å². The van der Waals surface area contributed by atoms with Crippen molar-refractivity contribution in [3.63, 3.8) is 0 Å². The van der Waals surface area contributed by atoms with Gasteiger partial charge >= 0.3 is 7.82 Å². The van der Waals surface area contributed by atoms with Crippen molar-refractivity contribution >= 4 is 18.6 Å². The highest BCUT2D eigenvalue weighted by molar-refractivity contribution is 7.48. The molecular weight excluding hydrogens is 303 g/mol. The molecule has 0 saturated heterocycles. The third-order valence-corrected chi connectivity index (χ3v) is 4.78. The lowest BCUT2D eigenvalue weighted by Gasteiger charge is -2.18. The standard InChI is InChI=1S/C16H21O5P/c1-4-12-7-8-13-14(11-12)15(17)9-10-16(13)21-22(18,19-5-2)20-6-3/h7-11,17H,4-6H2,1-3H3. The normalized spacial score (nSPS) is 11.8. The number of fused-ring (bicyclic) bond motifs is 1. The lowest BCUT2D eigenvalue weighted by molar-refractivity contribution is 0.168. The summed E-state index contributed by atoms with van der Waals surface area (Å²) in [5, 5.41) is 11.3. The second kappa shape index (κ2) is 7.14. The molecule has 0 aromatic heterocycles. The van der Waals surface area contributed by atoms with Crippen LogP contribution in [0.2, 0.25) is 0 Å². The predicted molar refractivity (Wildman–Crippen MR) is 86.5 cm³/mol. The van der Waals surface area contributed by atoms with Crippen molar-refractivity contribution in [3.05, 3.63) is 35.9 Å². The Morgan fingerprint density at radius 1 is 1.00 bits per heavy atom. The number of aryl methyl sites for hydroxylation is 1. The Labute approximate surface area is 130 Å². The van der Waals surface area contributed by atoms with Crippen molar-refractivity contribution in [2.24, 2.45) is 0 Å². The molecule has 0 aliphatic carbocycles. The summed E-state index contributed by atoms with van der Waals surface area (Å²) in [4.78, 5) is 0. The van der Waals surface area contributed by atoms with E-state index in [9.17, 15) is 9.67 Å². The summed E-state index contributed by atoms with van der Waals surface area (Å²) in [6.07, 6.45) is 0.858. The Morgan fingerprint density at radius 3 is 2.27 bits per heavy atom. The summed E-state index contributed by atoms with van der Waals surface area (Å²) < 4.78 is 28.3. The average Bonchev–Trinajstić information content (AvgIpc) is 2.50. The van der Waals surface area contributed by atoms with Gasteiger partial charge in [0.05, 0.1) is 13.2 Å². The van der Waals surface area contributed by atoms with Gasteiger partial charge in [0.1, 0.15) is 11.5 Å². The van der Waals surface area contributed by atoms with E-state index in [1.165, 1.54) is 6.07 Å². The first kappa shape index (κ1) is 16.8. The Morgan fingerprint density at radius 2 is 1.68 bits per heavy atom. The maximum atomic E-state index is 12.5. The van der Waals surface area contributed by atoms with Crippen LogP contribution in [0.15, 0.2) is 30.3 Å². The number of aromatic hydroxyl groups is 1. The van der Waals surface area contributed by atoms with Crippen molar-refractivity contribution in [2.75, 3.05) is 13.2 Å². The first-order valence-electron chi connectivity index (χ1n) is 7.36. The van der Waals surface area contributed by atoms with E-state index in [1.807, 2.05) is 25.1 Å². The van der Waals surface area contributed by atoms with Crippen molar-refractivity contribution in [2.45, 2.75) is 27.2 Å². The molecule has 0 unspecified atom stereocenters. The van der Waals surface area contributed by atoms with Gasteiger partial charge in [-0.1, -0.05) is 19.1 Å². The molecule has 0 amide bonds. The number of phosphoric acid groups is 1. The minimum absolute atomic E-state index is 0.153. The first-order chi connectivity index (χ1) is 10.5. The highest BCUT2D eigenvalue weighted by Gasteiger charge is 2.28. The van der Waals surface area contributed by atoms with Crippen LogP contribution in [0.3, 0.4) is 0 Å². The van der Waals surface area contributed by atoms with Crippen LogP contribution in [0, 0.1) is 0 Å². The number of hydrogen-bond donors (Lipinski definition) is 1. The molecule has 2 rings (SSSR count). The van der Waals surface area contributed by atoms with Crippen molar-refractivity contribution < 1.29 is 23.2 Å². The maximum absolute atomic E-state index is 12.5. The van der Waals surface area contributed by atoms with Gasteiger partial charge in [-0.05, 0) is 44.0 Å². The summed E-state index contributed by atoms with van der Waals surface area (Å²) >= 11 is 0. The lowest BCUT2D eigenvalue weighted by Crippen LogP contribution is -2.02. The lowest BCUT2D eigenvalue weighted by atomic mass is 10.0. The topological polar surface area (TPSA) is 65.0 Å². The van der Waals surface area contributed by atoms with Crippen molar-refractivity contribution in [1.82, 2.24) is 0 Å². The fourth-order valence-electron chi connectivity index (χ4n) is 2.18. The van der Waals surface area contributed by atoms with Crippen molar-refractivity contribution in [3.8, 4) is 11.5 Å². The van der Waals surface area contributed by atoms with Gasteiger partial charge in [0.25, 0.3) is 0 Å². The van der Waals surface area contributed by atoms with Gasteiger partial charge in [0, 0.05) is 10.8 Å². The zero-order valence-electron chi connectivity index (χ0n) is 13.0. The zero-order valence-corrected chi connectivity index (χ0v) is 13.9. The van der Waals surface area contributed by atoms with Crippen LogP contribution in [0.25, 0.3) is 10.8 Å². The number of benzene rings is 2. The van der Waals surface area contributed by atoms with E-state index in [4.69, 9.17) is 13.6 Å². The average molecular weight is 324 g/mol. The molecule has 2 aromatic rings. The molecule has 120 valence electrons. The van der Waals surface area contributed by atoms with Gasteiger partial charge in [0.2, 0.25) is 0 Å². The monoisotopic (exact) mass is 324 g/mol. The fourth-order valence-corrected chi connectivity index (χ4v) is 3.39. The molecule has 0 aliphatic rings. The molecule has 1 N–H and O–H groups in total. The molecule has 2 aromatic carbocycles. The van der Waals surface area contributed by atoms with Crippen LogP contribution < -0.4 is 4.52 Å². The van der Waals surface area contributed by atoms with Crippen LogP contribution >= 0.6 is 7.82 Å². The quantitative estimate of drug-likeness (QED) is 0.750. The summed E-state index contributed by atoms with van der Waals surface area (Å²) in [6, 6.07) is 8.75. The summed E-state index contributed by atoms with van der Waals surface area (Å²) in [7, 11) is -3.66. The van der Waals surface area contributed by atoms with Gasteiger partial charge in [-0.3, -0.25) is 9.05 Å². The second-order valence-electron chi connectivity index (χ2n) is 4.69. The van der Waals surface area contributed by atoms with Crippen LogP contribution in [-0.4, -0.2) is 18.3 Å². The van der Waals surface area contributed by atoms with Crippen LogP contribution in [0.4, 0.5) is 0 Å². The molecule has 6 heteroatoms. The Kier molecular flexibility index (Phi) is 5.46. The van der Waals surface area contributed by atoms with Crippen LogP contribution in [0.1, 0.15) is 26.3 Å². The SMILES string of the molecule is CCOP(=O)(OCC)Oc1ccc(O)c2cc(CC)ccc12. The Bertz CT molecular complexity index is 688. The van der Waals surface area contributed by atoms with Gasteiger partial charge in [-0.2, -0.15) is 0 Å². The molecule has 0 atom stereocenters. The smallest absolute Gasteiger partial charge is 0.507 e. The largest absolute Gasteiger partial charge is 0.530 e. The summed E-state index contributed by atoms with van der Waals surface area (Å²) in [5.41, 5.74) is 1.10. The first-order valence-corrected chi connectivity index (χ1v) is 8.82. The molecule has 5 nitrogen and oxygen atoms in total. The Balaban J connectivity index is 2.47. The number of phosphoric ester groups is 1. The molecule has 0 saturated carbocycles. The fraction of sp³-hybridized carbons (Fsp3) is 0.375.